The van der Waals surface area contributed by atoms with E-state index in [-0.39, 0.29) is 36.6 Å². The number of hydrogen-bond donors (Lipinski definition) is 1. The minimum Gasteiger partial charge on any atom is -0.456 e. The summed E-state index contributed by atoms with van der Waals surface area (Å²) in [6.07, 6.45) is 2.90. The number of hydrogen-bond acceptors (Lipinski definition) is 5. The quantitative estimate of drug-likeness (QED) is 0.579. The summed E-state index contributed by atoms with van der Waals surface area (Å²) in [5.41, 5.74) is 0.542. The predicted octanol–water partition coefficient (Wildman–Crippen LogP) is 2.24. The number of imide groups is 1. The third-order valence-electron chi connectivity index (χ3n) is 6.05. The standard InChI is InChI=1S/C20H21ClN2O5/c21-13-3-5-14(6-4-13)22-15(24)10-28-16(25)7-8-23-19(26)17-11-1-2-12(9-11)18(17)20(23)27/h3-6,11-12,17-18H,1-2,7-10H2,(H,22,24)/t11-,12+,17-,18-/m0/s1. The molecule has 7 nitrogen and oxygen atoms in total. The van der Waals surface area contributed by atoms with Crippen molar-refractivity contribution in [2.75, 3.05) is 18.5 Å². The lowest BCUT2D eigenvalue weighted by Crippen LogP contribution is -2.35. The van der Waals surface area contributed by atoms with Gasteiger partial charge in [0.15, 0.2) is 6.61 Å². The van der Waals surface area contributed by atoms with E-state index in [0.717, 1.165) is 19.3 Å². The first-order chi connectivity index (χ1) is 13.4. The number of amides is 3. The predicted molar refractivity (Wildman–Crippen MR) is 100 cm³/mol. The zero-order chi connectivity index (χ0) is 19.8. The van der Waals surface area contributed by atoms with E-state index in [9.17, 15) is 19.2 Å². The molecule has 3 aliphatic rings. The molecule has 0 spiro atoms. The Morgan fingerprint density at radius 3 is 2.29 bits per heavy atom. The fraction of sp³-hybridized carbons (Fsp3) is 0.500. The first-order valence-electron chi connectivity index (χ1n) is 9.50. The highest BCUT2D eigenvalue weighted by Gasteiger charge is 2.60. The summed E-state index contributed by atoms with van der Waals surface area (Å²) in [7, 11) is 0. The van der Waals surface area contributed by atoms with Gasteiger partial charge in [-0.25, -0.2) is 0 Å². The molecule has 0 radical (unpaired) electrons. The van der Waals surface area contributed by atoms with Crippen LogP contribution in [0, 0.1) is 23.7 Å². The molecule has 1 N–H and O–H groups in total. The highest BCUT2D eigenvalue weighted by atomic mass is 35.5. The van der Waals surface area contributed by atoms with Gasteiger partial charge in [0.1, 0.15) is 0 Å². The van der Waals surface area contributed by atoms with Crippen molar-refractivity contribution in [1.29, 1.82) is 0 Å². The molecule has 2 bridgehead atoms. The molecule has 4 rings (SSSR count). The van der Waals surface area contributed by atoms with Crippen LogP contribution in [-0.2, 0) is 23.9 Å². The zero-order valence-electron chi connectivity index (χ0n) is 15.2. The molecule has 1 aromatic rings. The van der Waals surface area contributed by atoms with Crippen LogP contribution in [0.15, 0.2) is 24.3 Å². The summed E-state index contributed by atoms with van der Waals surface area (Å²) >= 11 is 5.78. The van der Waals surface area contributed by atoms with Gasteiger partial charge >= 0.3 is 5.97 Å². The number of fused-ring (bicyclic) bond motifs is 5. The van der Waals surface area contributed by atoms with Gasteiger partial charge in [0.2, 0.25) is 11.8 Å². The lowest BCUT2D eigenvalue weighted by molar-refractivity contribution is -0.149. The van der Waals surface area contributed by atoms with Gasteiger partial charge in [0.25, 0.3) is 5.91 Å². The maximum atomic E-state index is 12.6. The van der Waals surface area contributed by atoms with E-state index in [0.29, 0.717) is 22.5 Å². The molecule has 148 valence electrons. The largest absolute Gasteiger partial charge is 0.456 e. The normalized spacial score (nSPS) is 27.8. The van der Waals surface area contributed by atoms with Crippen molar-refractivity contribution in [2.24, 2.45) is 23.7 Å². The lowest BCUT2D eigenvalue weighted by Gasteiger charge is -2.19. The number of halogens is 1. The van der Waals surface area contributed by atoms with Crippen LogP contribution < -0.4 is 5.32 Å². The van der Waals surface area contributed by atoms with Gasteiger partial charge in [0, 0.05) is 17.3 Å². The molecule has 3 fully saturated rings. The fourth-order valence-corrected chi connectivity index (χ4v) is 4.97. The maximum absolute atomic E-state index is 12.6. The number of carbonyl (C=O) groups excluding carboxylic acids is 4. The second-order valence-electron chi connectivity index (χ2n) is 7.68. The van der Waals surface area contributed by atoms with Gasteiger partial charge in [-0.3, -0.25) is 24.1 Å². The van der Waals surface area contributed by atoms with Gasteiger partial charge < -0.3 is 10.1 Å². The van der Waals surface area contributed by atoms with Gasteiger partial charge in [-0.05, 0) is 55.4 Å². The summed E-state index contributed by atoms with van der Waals surface area (Å²) in [6.45, 7) is -0.416. The molecule has 0 unspecified atom stereocenters. The van der Waals surface area contributed by atoms with Crippen LogP contribution in [0.5, 0.6) is 0 Å². The van der Waals surface area contributed by atoms with Gasteiger partial charge in [-0.2, -0.15) is 0 Å². The smallest absolute Gasteiger partial charge is 0.308 e. The van der Waals surface area contributed by atoms with Crippen molar-refractivity contribution in [2.45, 2.75) is 25.7 Å². The number of nitrogens with zero attached hydrogens (tertiary/aromatic N) is 1. The van der Waals surface area contributed by atoms with E-state index in [1.54, 1.807) is 24.3 Å². The molecular formula is C20H21ClN2O5. The van der Waals surface area contributed by atoms with Crippen molar-refractivity contribution in [3.63, 3.8) is 0 Å². The Morgan fingerprint density at radius 2 is 1.68 bits per heavy atom. The molecule has 1 aromatic carbocycles. The Bertz CT molecular complexity index is 796. The van der Waals surface area contributed by atoms with Gasteiger partial charge in [0.05, 0.1) is 18.3 Å². The lowest BCUT2D eigenvalue weighted by atomic mass is 9.81. The molecule has 0 aromatic heterocycles. The molecule has 1 aliphatic heterocycles. The van der Waals surface area contributed by atoms with E-state index >= 15 is 0 Å². The van der Waals surface area contributed by atoms with Crippen molar-refractivity contribution in [3.05, 3.63) is 29.3 Å². The average Bonchev–Trinajstić information content (AvgIpc) is 3.35. The second-order valence-corrected chi connectivity index (χ2v) is 8.12. The van der Waals surface area contributed by atoms with E-state index in [4.69, 9.17) is 16.3 Å². The topological polar surface area (TPSA) is 92.8 Å². The summed E-state index contributed by atoms with van der Waals surface area (Å²) < 4.78 is 4.95. The summed E-state index contributed by atoms with van der Waals surface area (Å²) in [5, 5.41) is 3.13. The van der Waals surface area contributed by atoms with Crippen molar-refractivity contribution in [1.82, 2.24) is 4.90 Å². The van der Waals surface area contributed by atoms with Crippen LogP contribution in [0.2, 0.25) is 5.02 Å². The Morgan fingerprint density at radius 1 is 1.07 bits per heavy atom. The first kappa shape index (κ1) is 18.9. The summed E-state index contributed by atoms with van der Waals surface area (Å²) in [4.78, 5) is 50.1. The second kappa shape index (κ2) is 7.54. The molecule has 2 saturated carbocycles. The van der Waals surface area contributed by atoms with E-state index in [1.807, 2.05) is 0 Å². The number of carbonyl (C=O) groups is 4. The van der Waals surface area contributed by atoms with Gasteiger partial charge in [-0.15, -0.1) is 0 Å². The number of benzene rings is 1. The van der Waals surface area contributed by atoms with E-state index in [2.05, 4.69) is 5.32 Å². The molecule has 4 atom stereocenters. The Labute approximate surface area is 167 Å². The van der Waals surface area contributed by atoms with E-state index < -0.39 is 18.5 Å². The molecule has 1 saturated heterocycles. The number of rotatable bonds is 6. The molecule has 28 heavy (non-hydrogen) atoms. The Kier molecular flexibility index (Phi) is 5.10. The van der Waals surface area contributed by atoms with Crippen LogP contribution in [0.3, 0.4) is 0 Å². The highest BCUT2D eigenvalue weighted by Crippen LogP contribution is 2.56. The van der Waals surface area contributed by atoms with Crippen LogP contribution in [0.25, 0.3) is 0 Å². The monoisotopic (exact) mass is 404 g/mol. The molecule has 8 heteroatoms. The summed E-state index contributed by atoms with van der Waals surface area (Å²) in [6, 6.07) is 6.54. The van der Waals surface area contributed by atoms with Gasteiger partial charge in [-0.1, -0.05) is 11.6 Å². The number of likely N-dealkylation sites (tertiary alicyclic amines) is 1. The van der Waals surface area contributed by atoms with Crippen LogP contribution >= 0.6 is 11.6 Å². The third-order valence-corrected chi connectivity index (χ3v) is 6.30. The van der Waals surface area contributed by atoms with Crippen molar-refractivity contribution in [3.8, 4) is 0 Å². The third kappa shape index (κ3) is 3.51. The van der Waals surface area contributed by atoms with Crippen LogP contribution in [-0.4, -0.2) is 41.7 Å². The minimum atomic E-state index is -0.619. The highest BCUT2D eigenvalue weighted by molar-refractivity contribution is 6.30. The molecule has 1 heterocycles. The number of ether oxygens (including phenoxy) is 1. The molecule has 3 amide bonds. The van der Waals surface area contributed by atoms with E-state index in [1.165, 1.54) is 4.90 Å². The number of esters is 1. The SMILES string of the molecule is O=C(COC(=O)CCN1C(=O)[C@H]2[C@@H]3CC[C@@H](C3)[C@@H]2C1=O)Nc1ccc(Cl)cc1. The maximum Gasteiger partial charge on any atom is 0.308 e. The number of anilines is 1. The molecule has 2 aliphatic carbocycles. The van der Waals surface area contributed by atoms with Crippen molar-refractivity contribution >= 4 is 41.0 Å². The zero-order valence-corrected chi connectivity index (χ0v) is 16.0. The Balaban J connectivity index is 1.22. The molecular weight excluding hydrogens is 384 g/mol. The fourth-order valence-electron chi connectivity index (χ4n) is 4.84. The minimum absolute atomic E-state index is 0.0156. The van der Waals surface area contributed by atoms with Crippen LogP contribution in [0.4, 0.5) is 5.69 Å². The Hall–Kier alpha value is -2.41. The average molecular weight is 405 g/mol. The number of nitrogens with one attached hydrogen (secondary N) is 1. The van der Waals surface area contributed by atoms with Crippen molar-refractivity contribution < 1.29 is 23.9 Å². The summed E-state index contributed by atoms with van der Waals surface area (Å²) in [5.74, 6) is -1.12. The first-order valence-corrected chi connectivity index (χ1v) is 9.88. The van der Waals surface area contributed by atoms with Crippen LogP contribution in [0.1, 0.15) is 25.7 Å².